The molecule has 0 bridgehead atoms. The Morgan fingerprint density at radius 3 is 2.63 bits per heavy atom. The van der Waals surface area contributed by atoms with Gasteiger partial charge in [-0.2, -0.15) is 0 Å². The largest absolute Gasteiger partial charge is 0.469 e. The van der Waals surface area contributed by atoms with E-state index in [2.05, 4.69) is 19.8 Å². The highest BCUT2D eigenvalue weighted by atomic mass is 16.5. The Morgan fingerprint density at radius 1 is 1.05 bits per heavy atom. The quantitative estimate of drug-likeness (QED) is 0.227. The molecule has 0 aliphatic carbocycles. The maximum atomic E-state index is 13.7. The number of piperazine rings is 1. The maximum Gasteiger partial charge on any atom is 0.309 e. The van der Waals surface area contributed by atoms with Gasteiger partial charge in [-0.15, -0.1) is 0 Å². The van der Waals surface area contributed by atoms with Crippen LogP contribution >= 0.6 is 0 Å². The number of aromatic nitrogens is 3. The van der Waals surface area contributed by atoms with E-state index >= 15 is 0 Å². The first-order chi connectivity index (χ1) is 21.0. The monoisotopic (exact) mass is 587 g/mol. The van der Waals surface area contributed by atoms with Crippen LogP contribution in [0.1, 0.15) is 23.4 Å². The average Bonchev–Trinajstić information content (AvgIpc) is 3.39. The number of nitrogen functional groups attached to an aromatic ring is 1. The molecule has 1 saturated heterocycles. The molecule has 3 N–H and O–H groups in total. The summed E-state index contributed by atoms with van der Waals surface area (Å²) in [6, 6.07) is 15.8. The van der Waals surface area contributed by atoms with Crippen LogP contribution in [-0.4, -0.2) is 96.3 Å². The molecule has 0 spiro atoms. The van der Waals surface area contributed by atoms with Gasteiger partial charge in [0.1, 0.15) is 11.3 Å². The molecule has 1 amide bonds. The van der Waals surface area contributed by atoms with E-state index < -0.39 is 0 Å². The van der Waals surface area contributed by atoms with Gasteiger partial charge in [0.25, 0.3) is 0 Å². The third-order valence-corrected chi connectivity index (χ3v) is 7.89. The fourth-order valence-electron chi connectivity index (χ4n) is 5.70. The number of fused-ring (bicyclic) bond motifs is 3. The molecule has 0 unspecified atom stereocenters. The van der Waals surface area contributed by atoms with E-state index in [0.29, 0.717) is 50.5 Å². The van der Waals surface area contributed by atoms with Crippen LogP contribution in [0.15, 0.2) is 48.5 Å². The summed E-state index contributed by atoms with van der Waals surface area (Å²) in [4.78, 5) is 39.1. The highest BCUT2D eigenvalue weighted by molar-refractivity contribution is 6.06. The zero-order chi connectivity index (χ0) is 30.2. The number of esters is 1. The molecule has 2 aromatic carbocycles. The Kier molecular flexibility index (Phi) is 10.2. The number of ether oxygens (including phenoxy) is 2. The molecule has 43 heavy (non-hydrogen) atoms. The topological polar surface area (TPSA) is 128 Å². The van der Waals surface area contributed by atoms with Crippen molar-refractivity contribution < 1.29 is 19.1 Å². The number of nitrogens with two attached hydrogens (primary N) is 1. The fourth-order valence-corrected chi connectivity index (χ4v) is 5.70. The summed E-state index contributed by atoms with van der Waals surface area (Å²) in [5, 5.41) is 4.35. The van der Waals surface area contributed by atoms with Crippen molar-refractivity contribution >= 4 is 39.6 Å². The number of nitrogens with zero attached hydrogens (tertiary/aromatic N) is 5. The van der Waals surface area contributed by atoms with Gasteiger partial charge in [0.2, 0.25) is 5.91 Å². The minimum atomic E-state index is -0.288. The Morgan fingerprint density at radius 2 is 1.84 bits per heavy atom. The number of nitrogens with one attached hydrogen (secondary N) is 1. The lowest BCUT2D eigenvalue weighted by molar-refractivity contribution is -0.139. The second kappa shape index (κ2) is 14.4. The molecule has 2 aromatic heterocycles. The van der Waals surface area contributed by atoms with Crippen LogP contribution in [0, 0.1) is 0 Å². The fraction of sp³-hybridized carbons (Fsp3) is 0.438. The number of amides is 1. The number of hydrogen-bond acceptors (Lipinski definition) is 9. The van der Waals surface area contributed by atoms with Crippen LogP contribution in [0.25, 0.3) is 21.9 Å². The van der Waals surface area contributed by atoms with Gasteiger partial charge in [-0.05, 0) is 23.6 Å². The normalized spacial score (nSPS) is 13.9. The van der Waals surface area contributed by atoms with Crippen LogP contribution in [0.4, 0.5) is 5.82 Å². The molecule has 1 aliphatic heterocycles. The number of imidazole rings is 1. The number of carbonyl (C=O) groups is 2. The third kappa shape index (κ3) is 7.48. The van der Waals surface area contributed by atoms with Crippen molar-refractivity contribution in [3.05, 3.63) is 65.5 Å². The molecule has 3 heterocycles. The molecule has 0 radical (unpaired) electrons. The maximum absolute atomic E-state index is 13.7. The summed E-state index contributed by atoms with van der Waals surface area (Å²) in [7, 11) is 3.07. The van der Waals surface area contributed by atoms with Crippen molar-refractivity contribution in [2.45, 2.75) is 32.4 Å². The van der Waals surface area contributed by atoms with Gasteiger partial charge in [0.15, 0.2) is 5.82 Å². The van der Waals surface area contributed by atoms with Gasteiger partial charge in [0.05, 0.1) is 37.7 Å². The van der Waals surface area contributed by atoms with Crippen molar-refractivity contribution in [2.75, 3.05) is 65.8 Å². The molecule has 0 saturated carbocycles. The molecule has 0 atom stereocenters. The molecule has 11 heteroatoms. The van der Waals surface area contributed by atoms with Gasteiger partial charge < -0.3 is 30.0 Å². The van der Waals surface area contributed by atoms with Gasteiger partial charge in [-0.3, -0.25) is 14.5 Å². The zero-order valence-corrected chi connectivity index (χ0v) is 25.1. The van der Waals surface area contributed by atoms with Gasteiger partial charge >= 0.3 is 5.97 Å². The summed E-state index contributed by atoms with van der Waals surface area (Å²) < 4.78 is 12.4. The molecular weight excluding hydrogens is 546 g/mol. The average molecular weight is 588 g/mol. The molecule has 11 nitrogen and oxygen atoms in total. The first kappa shape index (κ1) is 30.4. The van der Waals surface area contributed by atoms with E-state index in [0.717, 1.165) is 66.0 Å². The second-order valence-electron chi connectivity index (χ2n) is 10.9. The van der Waals surface area contributed by atoms with Crippen molar-refractivity contribution in [1.82, 2.24) is 29.7 Å². The van der Waals surface area contributed by atoms with Gasteiger partial charge in [-0.1, -0.05) is 42.5 Å². The van der Waals surface area contributed by atoms with Crippen molar-refractivity contribution in [3.8, 4) is 0 Å². The minimum Gasteiger partial charge on any atom is -0.469 e. The molecule has 1 aliphatic rings. The Bertz CT molecular complexity index is 1560. The molecule has 5 rings (SSSR count). The first-order valence-electron chi connectivity index (χ1n) is 14.8. The lowest BCUT2D eigenvalue weighted by Crippen LogP contribution is -2.48. The van der Waals surface area contributed by atoms with E-state index in [1.54, 1.807) is 7.11 Å². The highest BCUT2D eigenvalue weighted by Gasteiger charge is 2.21. The highest BCUT2D eigenvalue weighted by Crippen LogP contribution is 2.29. The van der Waals surface area contributed by atoms with E-state index in [-0.39, 0.29) is 18.3 Å². The van der Waals surface area contributed by atoms with Crippen molar-refractivity contribution in [3.63, 3.8) is 0 Å². The van der Waals surface area contributed by atoms with Crippen molar-refractivity contribution in [2.24, 2.45) is 0 Å². The Labute approximate surface area is 252 Å². The lowest BCUT2D eigenvalue weighted by atomic mass is 10.1. The standard InChI is InChI=1S/C32H41N7O4/c1-42-18-11-27-36-30-31(25-9-3-4-10-26(25)35-32(30)33)39(27)15-6-14-38(28(40)22-37-16-12-34-13-17-37)21-24-8-5-7-23(19-24)20-29(41)43-2/h3-5,7-10,19,34H,6,11-18,20-22H2,1-2H3,(H2,33,35). The van der Waals surface area contributed by atoms with E-state index in [9.17, 15) is 9.59 Å². The summed E-state index contributed by atoms with van der Waals surface area (Å²) in [6.07, 6.45) is 1.55. The number of anilines is 1. The van der Waals surface area contributed by atoms with Crippen molar-refractivity contribution in [1.29, 1.82) is 0 Å². The number of para-hydroxylation sites is 1. The predicted molar refractivity (Wildman–Crippen MR) is 167 cm³/mol. The number of carbonyl (C=O) groups excluding carboxylic acids is 2. The molecule has 228 valence electrons. The Hall–Kier alpha value is -4.06. The summed E-state index contributed by atoms with van der Waals surface area (Å²) >= 11 is 0. The van der Waals surface area contributed by atoms with Crippen LogP contribution in [-0.2, 0) is 45.0 Å². The van der Waals surface area contributed by atoms with E-state index in [4.69, 9.17) is 20.2 Å². The summed E-state index contributed by atoms with van der Waals surface area (Å²) in [5.41, 5.74) is 10.7. The number of benzene rings is 2. The molecule has 4 aromatic rings. The van der Waals surface area contributed by atoms with Crippen LogP contribution < -0.4 is 11.1 Å². The number of pyridine rings is 1. The minimum absolute atomic E-state index is 0.0919. The summed E-state index contributed by atoms with van der Waals surface area (Å²) in [6.45, 7) is 6.05. The SMILES string of the molecule is COCCc1nc2c(N)nc3ccccc3c2n1CCCN(Cc1cccc(CC(=O)OC)c1)C(=O)CN1CCNCC1. The number of rotatable bonds is 13. The van der Waals surface area contributed by atoms with Gasteiger partial charge in [0, 0.05) is 64.7 Å². The summed E-state index contributed by atoms with van der Waals surface area (Å²) in [5.74, 6) is 1.10. The second-order valence-corrected chi connectivity index (χ2v) is 10.9. The zero-order valence-electron chi connectivity index (χ0n) is 25.1. The first-order valence-corrected chi connectivity index (χ1v) is 14.8. The molecular formula is C32H41N7O4. The Balaban J connectivity index is 1.39. The van der Waals surface area contributed by atoms with Crippen LogP contribution in [0.5, 0.6) is 0 Å². The predicted octanol–water partition coefficient (Wildman–Crippen LogP) is 2.40. The lowest BCUT2D eigenvalue weighted by Gasteiger charge is -2.30. The van der Waals surface area contributed by atoms with E-state index in [1.807, 2.05) is 53.4 Å². The number of methoxy groups -OCH3 is 2. The number of aryl methyl sites for hydroxylation is 1. The van der Waals surface area contributed by atoms with Crippen LogP contribution in [0.2, 0.25) is 0 Å². The van der Waals surface area contributed by atoms with E-state index in [1.165, 1.54) is 7.11 Å². The van der Waals surface area contributed by atoms with Gasteiger partial charge in [-0.25, -0.2) is 9.97 Å². The molecule has 1 fully saturated rings. The smallest absolute Gasteiger partial charge is 0.309 e. The van der Waals surface area contributed by atoms with Crippen LogP contribution in [0.3, 0.4) is 0 Å². The third-order valence-electron chi connectivity index (χ3n) is 7.89. The number of hydrogen-bond donors (Lipinski definition) is 2.